The van der Waals surface area contributed by atoms with Gasteiger partial charge in [0.05, 0.1) is 5.52 Å². The maximum absolute atomic E-state index is 5.76. The van der Waals surface area contributed by atoms with E-state index in [1.807, 2.05) is 42.5 Å². The van der Waals surface area contributed by atoms with Crippen molar-refractivity contribution in [3.8, 4) is 0 Å². The fraction of sp³-hybridized carbons (Fsp3) is 0.0667. The molecule has 0 amide bonds. The van der Waals surface area contributed by atoms with Gasteiger partial charge in [-0.2, -0.15) is 5.10 Å². The molecular formula is C15H12N4O. The van der Waals surface area contributed by atoms with Crippen LogP contribution >= 0.6 is 0 Å². The van der Waals surface area contributed by atoms with Crippen molar-refractivity contribution in [2.75, 3.05) is 5.73 Å². The zero-order valence-corrected chi connectivity index (χ0v) is 10.6. The number of nitrogens with zero attached hydrogens (tertiary/aromatic N) is 2. The van der Waals surface area contributed by atoms with E-state index in [0.29, 0.717) is 18.1 Å². The number of benzene rings is 2. The van der Waals surface area contributed by atoms with Crippen LogP contribution in [0.3, 0.4) is 0 Å². The maximum Gasteiger partial charge on any atom is 0.199 e. The Labute approximate surface area is 114 Å². The van der Waals surface area contributed by atoms with Crippen molar-refractivity contribution in [1.29, 1.82) is 0 Å². The minimum Gasteiger partial charge on any atom is -0.440 e. The summed E-state index contributed by atoms with van der Waals surface area (Å²) >= 11 is 0. The van der Waals surface area contributed by atoms with Crippen LogP contribution in [0.15, 0.2) is 46.9 Å². The average molecular weight is 264 g/mol. The van der Waals surface area contributed by atoms with Gasteiger partial charge in [0.2, 0.25) is 0 Å². The molecule has 0 aliphatic rings. The standard InChI is InChI=1S/C15H12N4O/c16-15-10-6-5-9(7-12(10)18-19-15)8-14-17-11-3-1-2-4-13(11)20-14/h1-7H,8H2,(H3,16,18,19). The molecule has 0 saturated heterocycles. The van der Waals surface area contributed by atoms with Crippen LogP contribution in [0.2, 0.25) is 0 Å². The van der Waals surface area contributed by atoms with Crippen molar-refractivity contribution >= 4 is 27.8 Å². The topological polar surface area (TPSA) is 80.7 Å². The number of aromatic nitrogens is 3. The van der Waals surface area contributed by atoms with Crippen LogP contribution in [-0.2, 0) is 6.42 Å². The molecule has 98 valence electrons. The molecule has 3 N–H and O–H groups in total. The molecule has 0 bridgehead atoms. The van der Waals surface area contributed by atoms with Gasteiger partial charge in [-0.1, -0.05) is 18.2 Å². The van der Waals surface area contributed by atoms with Gasteiger partial charge in [0, 0.05) is 11.8 Å². The van der Waals surface area contributed by atoms with E-state index in [0.717, 1.165) is 27.6 Å². The van der Waals surface area contributed by atoms with Crippen molar-refractivity contribution in [3.05, 3.63) is 53.9 Å². The van der Waals surface area contributed by atoms with Crippen molar-refractivity contribution in [1.82, 2.24) is 15.2 Å². The number of nitrogen functional groups attached to an aromatic ring is 1. The largest absolute Gasteiger partial charge is 0.440 e. The van der Waals surface area contributed by atoms with Gasteiger partial charge in [-0.3, -0.25) is 5.10 Å². The first-order valence-corrected chi connectivity index (χ1v) is 6.36. The van der Waals surface area contributed by atoms with Gasteiger partial charge in [0.25, 0.3) is 0 Å². The highest BCUT2D eigenvalue weighted by molar-refractivity contribution is 5.88. The lowest BCUT2D eigenvalue weighted by Gasteiger charge is -1.97. The Kier molecular flexibility index (Phi) is 2.26. The summed E-state index contributed by atoms with van der Waals surface area (Å²) in [5, 5.41) is 7.84. The Balaban J connectivity index is 1.72. The highest BCUT2D eigenvalue weighted by Crippen LogP contribution is 2.22. The second kappa shape index (κ2) is 4.09. The Morgan fingerprint density at radius 1 is 1.15 bits per heavy atom. The summed E-state index contributed by atoms with van der Waals surface area (Å²) in [5.41, 5.74) is 9.49. The third-order valence-corrected chi connectivity index (χ3v) is 3.35. The molecule has 2 aromatic heterocycles. The second-order valence-corrected chi connectivity index (χ2v) is 4.74. The van der Waals surface area contributed by atoms with E-state index in [2.05, 4.69) is 15.2 Å². The van der Waals surface area contributed by atoms with E-state index in [1.165, 1.54) is 0 Å². The van der Waals surface area contributed by atoms with E-state index >= 15 is 0 Å². The number of rotatable bonds is 2. The number of H-pyrrole nitrogens is 1. The second-order valence-electron chi connectivity index (χ2n) is 4.74. The van der Waals surface area contributed by atoms with Crippen LogP contribution in [0.5, 0.6) is 0 Å². The zero-order chi connectivity index (χ0) is 13.5. The number of anilines is 1. The Morgan fingerprint density at radius 2 is 2.05 bits per heavy atom. The lowest BCUT2D eigenvalue weighted by atomic mass is 10.1. The molecule has 0 aliphatic heterocycles. The molecule has 0 aliphatic carbocycles. The Hall–Kier alpha value is -2.82. The molecule has 0 fully saturated rings. The molecular weight excluding hydrogens is 252 g/mol. The smallest absolute Gasteiger partial charge is 0.199 e. The van der Waals surface area contributed by atoms with Crippen molar-refractivity contribution in [2.24, 2.45) is 0 Å². The van der Waals surface area contributed by atoms with Gasteiger partial charge in [-0.25, -0.2) is 4.98 Å². The van der Waals surface area contributed by atoms with Crippen LogP contribution in [0, 0.1) is 0 Å². The molecule has 4 aromatic rings. The van der Waals surface area contributed by atoms with Gasteiger partial charge >= 0.3 is 0 Å². The summed E-state index contributed by atoms with van der Waals surface area (Å²) in [4.78, 5) is 4.48. The molecule has 0 spiro atoms. The monoisotopic (exact) mass is 264 g/mol. The van der Waals surface area contributed by atoms with Crippen LogP contribution in [0.4, 0.5) is 5.82 Å². The van der Waals surface area contributed by atoms with Crippen molar-refractivity contribution in [3.63, 3.8) is 0 Å². The van der Waals surface area contributed by atoms with Gasteiger partial charge in [0.15, 0.2) is 17.3 Å². The third-order valence-electron chi connectivity index (χ3n) is 3.35. The molecule has 20 heavy (non-hydrogen) atoms. The quantitative estimate of drug-likeness (QED) is 0.583. The number of oxazole rings is 1. The number of nitrogens with one attached hydrogen (secondary N) is 1. The SMILES string of the molecule is Nc1n[nH]c2cc(Cc3nc4ccccc4o3)ccc12. The van der Waals surface area contributed by atoms with Gasteiger partial charge in [-0.05, 0) is 29.8 Å². The predicted molar refractivity (Wildman–Crippen MR) is 77.3 cm³/mol. The minimum atomic E-state index is 0.522. The lowest BCUT2D eigenvalue weighted by molar-refractivity contribution is 0.544. The Morgan fingerprint density at radius 3 is 2.95 bits per heavy atom. The molecule has 2 heterocycles. The number of fused-ring (bicyclic) bond motifs is 2. The number of hydrogen-bond donors (Lipinski definition) is 2. The van der Waals surface area contributed by atoms with E-state index < -0.39 is 0 Å². The molecule has 0 atom stereocenters. The molecule has 0 unspecified atom stereocenters. The molecule has 0 radical (unpaired) electrons. The minimum absolute atomic E-state index is 0.522. The van der Waals surface area contributed by atoms with Gasteiger partial charge in [-0.15, -0.1) is 0 Å². The number of hydrogen-bond acceptors (Lipinski definition) is 4. The summed E-state index contributed by atoms with van der Waals surface area (Å²) in [6.07, 6.45) is 0.642. The van der Waals surface area contributed by atoms with Crippen LogP contribution in [0.25, 0.3) is 22.0 Å². The van der Waals surface area contributed by atoms with E-state index in [1.54, 1.807) is 0 Å². The summed E-state index contributed by atoms with van der Waals surface area (Å²) < 4.78 is 5.73. The number of aromatic amines is 1. The van der Waals surface area contributed by atoms with E-state index in [4.69, 9.17) is 10.2 Å². The first-order valence-electron chi connectivity index (χ1n) is 6.36. The first-order chi connectivity index (χ1) is 9.79. The molecule has 2 aromatic carbocycles. The molecule has 0 saturated carbocycles. The zero-order valence-electron chi connectivity index (χ0n) is 10.6. The summed E-state index contributed by atoms with van der Waals surface area (Å²) in [5.74, 6) is 1.23. The first kappa shape index (κ1) is 11.0. The number of para-hydroxylation sites is 2. The van der Waals surface area contributed by atoms with E-state index in [9.17, 15) is 0 Å². The fourth-order valence-electron chi connectivity index (χ4n) is 2.37. The average Bonchev–Trinajstić information content (AvgIpc) is 3.02. The Bertz CT molecular complexity index is 873. The highest BCUT2D eigenvalue weighted by atomic mass is 16.3. The lowest BCUT2D eigenvalue weighted by Crippen LogP contribution is -1.88. The third kappa shape index (κ3) is 1.72. The van der Waals surface area contributed by atoms with Gasteiger partial charge < -0.3 is 10.2 Å². The predicted octanol–water partition coefficient (Wildman–Crippen LogP) is 2.88. The van der Waals surface area contributed by atoms with Crippen molar-refractivity contribution in [2.45, 2.75) is 6.42 Å². The molecule has 5 nitrogen and oxygen atoms in total. The van der Waals surface area contributed by atoms with Crippen molar-refractivity contribution < 1.29 is 4.42 Å². The summed E-state index contributed by atoms with van der Waals surface area (Å²) in [6, 6.07) is 13.8. The summed E-state index contributed by atoms with van der Waals surface area (Å²) in [6.45, 7) is 0. The van der Waals surface area contributed by atoms with Crippen LogP contribution < -0.4 is 5.73 Å². The van der Waals surface area contributed by atoms with Gasteiger partial charge in [0.1, 0.15) is 5.52 Å². The van der Waals surface area contributed by atoms with E-state index in [-0.39, 0.29) is 0 Å². The normalized spacial score (nSPS) is 11.4. The highest BCUT2D eigenvalue weighted by Gasteiger charge is 2.08. The fourth-order valence-corrected chi connectivity index (χ4v) is 2.37. The van der Waals surface area contributed by atoms with Crippen LogP contribution in [0.1, 0.15) is 11.5 Å². The number of nitrogens with two attached hydrogens (primary N) is 1. The molecule has 4 rings (SSSR count). The maximum atomic E-state index is 5.76. The van der Waals surface area contributed by atoms with Crippen LogP contribution in [-0.4, -0.2) is 15.2 Å². The summed E-state index contributed by atoms with van der Waals surface area (Å²) in [7, 11) is 0. The molecule has 5 heteroatoms.